The molecule has 1 heterocycles. The zero-order valence-electron chi connectivity index (χ0n) is 14.7. The largest absolute Gasteiger partial charge is 0.493 e. The van der Waals surface area contributed by atoms with Gasteiger partial charge in [0.15, 0.2) is 11.5 Å². The molecule has 0 saturated heterocycles. The molecule has 0 aliphatic carbocycles. The fourth-order valence-corrected chi connectivity index (χ4v) is 2.49. The average Bonchev–Trinajstić information content (AvgIpc) is 3.22. The van der Waals surface area contributed by atoms with Gasteiger partial charge in [0.25, 0.3) is 5.91 Å². The van der Waals surface area contributed by atoms with E-state index < -0.39 is 0 Å². The Morgan fingerprint density at radius 2 is 1.81 bits per heavy atom. The molecule has 0 aliphatic heterocycles. The molecule has 7 heteroatoms. The minimum Gasteiger partial charge on any atom is -0.493 e. The van der Waals surface area contributed by atoms with Crippen LogP contribution in [0.5, 0.6) is 11.5 Å². The van der Waals surface area contributed by atoms with Gasteiger partial charge in [-0.25, -0.2) is 0 Å². The number of methoxy groups -OCH3 is 1. The first-order valence-corrected chi connectivity index (χ1v) is 8.15. The van der Waals surface area contributed by atoms with Crippen molar-refractivity contribution in [1.82, 2.24) is 19.7 Å². The average molecular weight is 352 g/mol. The van der Waals surface area contributed by atoms with Gasteiger partial charge in [0.1, 0.15) is 19.3 Å². The fraction of sp³-hybridized carbons (Fsp3) is 0.211. The molecule has 0 spiro atoms. The summed E-state index contributed by atoms with van der Waals surface area (Å²) in [7, 11) is 3.35. The van der Waals surface area contributed by atoms with E-state index in [1.807, 2.05) is 42.5 Å². The summed E-state index contributed by atoms with van der Waals surface area (Å²) < 4.78 is 12.7. The maximum Gasteiger partial charge on any atom is 0.253 e. The van der Waals surface area contributed by atoms with Crippen molar-refractivity contribution in [3.8, 4) is 17.2 Å². The number of rotatable bonds is 7. The highest BCUT2D eigenvalue weighted by Crippen LogP contribution is 2.25. The van der Waals surface area contributed by atoms with Crippen LogP contribution >= 0.6 is 0 Å². The molecule has 1 aromatic heterocycles. The smallest absolute Gasteiger partial charge is 0.253 e. The Morgan fingerprint density at radius 1 is 1.08 bits per heavy atom. The molecule has 0 bridgehead atoms. The molecule has 7 nitrogen and oxygen atoms in total. The third-order valence-electron chi connectivity index (χ3n) is 3.91. The van der Waals surface area contributed by atoms with E-state index in [1.165, 1.54) is 0 Å². The molecular weight excluding hydrogens is 332 g/mol. The quantitative estimate of drug-likeness (QED) is 0.653. The number of hydrogen-bond donors (Lipinski definition) is 0. The van der Waals surface area contributed by atoms with Crippen molar-refractivity contribution in [3.05, 3.63) is 66.7 Å². The zero-order chi connectivity index (χ0) is 18.4. The highest BCUT2D eigenvalue weighted by atomic mass is 16.5. The first-order valence-electron chi connectivity index (χ1n) is 8.15. The van der Waals surface area contributed by atoms with Gasteiger partial charge >= 0.3 is 0 Å². The molecule has 0 aliphatic rings. The van der Waals surface area contributed by atoms with Crippen molar-refractivity contribution in [2.24, 2.45) is 0 Å². The van der Waals surface area contributed by atoms with E-state index >= 15 is 0 Å². The number of aromatic nitrogens is 3. The van der Waals surface area contributed by atoms with Crippen molar-refractivity contribution < 1.29 is 14.3 Å². The predicted octanol–water partition coefficient (Wildman–Crippen LogP) is 2.43. The molecule has 0 fully saturated rings. The summed E-state index contributed by atoms with van der Waals surface area (Å²) in [6.07, 6.45) is 3.18. The number of carbonyl (C=O) groups is 1. The molecule has 0 radical (unpaired) electrons. The number of benzene rings is 2. The lowest BCUT2D eigenvalue weighted by Crippen LogP contribution is -2.31. The van der Waals surface area contributed by atoms with Crippen LogP contribution in [0.25, 0.3) is 5.69 Å². The predicted molar refractivity (Wildman–Crippen MR) is 96.8 cm³/mol. The third-order valence-corrected chi connectivity index (χ3v) is 3.91. The Kier molecular flexibility index (Phi) is 5.48. The number of hydrogen-bond acceptors (Lipinski definition) is 5. The zero-order valence-corrected chi connectivity index (χ0v) is 14.7. The lowest BCUT2D eigenvalue weighted by Gasteiger charge is -2.18. The van der Waals surface area contributed by atoms with Crippen molar-refractivity contribution >= 4 is 5.91 Å². The van der Waals surface area contributed by atoms with Crippen molar-refractivity contribution in [3.63, 3.8) is 0 Å². The van der Waals surface area contributed by atoms with Crippen LogP contribution in [0.3, 0.4) is 0 Å². The van der Waals surface area contributed by atoms with Gasteiger partial charge < -0.3 is 14.4 Å². The summed E-state index contributed by atoms with van der Waals surface area (Å²) in [6, 6.07) is 14.8. The van der Waals surface area contributed by atoms with Gasteiger partial charge in [-0.1, -0.05) is 18.2 Å². The van der Waals surface area contributed by atoms with E-state index in [-0.39, 0.29) is 5.91 Å². The number of nitrogens with zero attached hydrogens (tertiary/aromatic N) is 4. The second-order valence-corrected chi connectivity index (χ2v) is 5.65. The Labute approximate surface area is 151 Å². The Morgan fingerprint density at radius 3 is 2.54 bits per heavy atom. The first-order chi connectivity index (χ1) is 12.7. The molecule has 0 atom stereocenters. The molecule has 0 saturated carbocycles. The topological polar surface area (TPSA) is 69.5 Å². The van der Waals surface area contributed by atoms with Crippen molar-refractivity contribution in [2.45, 2.75) is 0 Å². The second-order valence-electron chi connectivity index (χ2n) is 5.65. The lowest BCUT2D eigenvalue weighted by atomic mass is 10.1. The van der Waals surface area contributed by atoms with E-state index in [2.05, 4.69) is 10.2 Å². The van der Waals surface area contributed by atoms with Gasteiger partial charge in [0, 0.05) is 18.3 Å². The van der Waals surface area contributed by atoms with Gasteiger partial charge in [-0.3, -0.25) is 9.36 Å². The maximum atomic E-state index is 12.6. The SMILES string of the molecule is COc1ccccc1OCCN(C)C(=O)c1cccc(-n2cnnc2)c1. The molecule has 0 N–H and O–H groups in total. The highest BCUT2D eigenvalue weighted by molar-refractivity contribution is 5.94. The van der Waals surface area contributed by atoms with Crippen LogP contribution in [0.1, 0.15) is 10.4 Å². The Bertz CT molecular complexity index is 865. The van der Waals surface area contributed by atoms with Gasteiger partial charge in [-0.05, 0) is 30.3 Å². The molecule has 134 valence electrons. The molecule has 3 rings (SSSR count). The van der Waals surface area contributed by atoms with Crippen molar-refractivity contribution in [1.29, 1.82) is 0 Å². The maximum absolute atomic E-state index is 12.6. The van der Waals surface area contributed by atoms with Crippen LogP contribution in [0.15, 0.2) is 61.2 Å². The van der Waals surface area contributed by atoms with E-state index in [1.54, 1.807) is 42.3 Å². The number of carbonyl (C=O) groups excluding carboxylic acids is 1. The highest BCUT2D eigenvalue weighted by Gasteiger charge is 2.13. The van der Waals surface area contributed by atoms with Crippen LogP contribution < -0.4 is 9.47 Å². The molecule has 1 amide bonds. The van der Waals surface area contributed by atoms with Gasteiger partial charge in [0.05, 0.1) is 13.7 Å². The minimum atomic E-state index is -0.0800. The minimum absolute atomic E-state index is 0.0800. The van der Waals surface area contributed by atoms with E-state index in [0.29, 0.717) is 30.2 Å². The molecular formula is C19H20N4O3. The summed E-state index contributed by atoms with van der Waals surface area (Å²) in [5, 5.41) is 7.56. The lowest BCUT2D eigenvalue weighted by molar-refractivity contribution is 0.0773. The van der Waals surface area contributed by atoms with E-state index in [4.69, 9.17) is 9.47 Å². The third kappa shape index (κ3) is 4.00. The van der Waals surface area contributed by atoms with Crippen molar-refractivity contribution in [2.75, 3.05) is 27.3 Å². The molecule has 0 unspecified atom stereocenters. The van der Waals surface area contributed by atoms with Crippen LogP contribution in [0.4, 0.5) is 0 Å². The summed E-state index contributed by atoms with van der Waals surface area (Å²) >= 11 is 0. The van der Waals surface area contributed by atoms with E-state index in [0.717, 1.165) is 5.69 Å². The fourth-order valence-electron chi connectivity index (χ4n) is 2.49. The first kappa shape index (κ1) is 17.5. The number of likely N-dealkylation sites (N-methyl/N-ethyl adjacent to an activating group) is 1. The summed E-state index contributed by atoms with van der Waals surface area (Å²) in [6.45, 7) is 0.821. The van der Waals surface area contributed by atoms with Crippen LogP contribution in [0, 0.1) is 0 Å². The second kappa shape index (κ2) is 8.15. The van der Waals surface area contributed by atoms with Gasteiger partial charge in [-0.15, -0.1) is 10.2 Å². The summed E-state index contributed by atoms with van der Waals surface area (Å²) in [5.41, 5.74) is 1.43. The summed E-state index contributed by atoms with van der Waals surface area (Å²) in [5.74, 6) is 1.25. The van der Waals surface area contributed by atoms with Gasteiger partial charge in [0.2, 0.25) is 0 Å². The molecule has 3 aromatic rings. The van der Waals surface area contributed by atoms with Gasteiger partial charge in [-0.2, -0.15) is 0 Å². The van der Waals surface area contributed by atoms with Crippen LogP contribution in [-0.2, 0) is 0 Å². The number of amides is 1. The van der Waals surface area contributed by atoms with E-state index in [9.17, 15) is 4.79 Å². The number of ether oxygens (including phenoxy) is 2. The number of para-hydroxylation sites is 2. The summed E-state index contributed by atoms with van der Waals surface area (Å²) in [4.78, 5) is 14.3. The monoisotopic (exact) mass is 352 g/mol. The Balaban J connectivity index is 1.60. The Hall–Kier alpha value is -3.35. The molecule has 26 heavy (non-hydrogen) atoms. The normalized spacial score (nSPS) is 10.4. The standard InChI is InChI=1S/C19H20N4O3/c1-22(10-11-26-18-9-4-3-8-17(18)25-2)19(24)15-6-5-7-16(12-15)23-13-20-21-14-23/h3-9,12-14H,10-11H2,1-2H3. The molecule has 2 aromatic carbocycles. The van der Waals surface area contributed by atoms with Crippen LogP contribution in [-0.4, -0.2) is 52.9 Å². The van der Waals surface area contributed by atoms with Crippen LogP contribution in [0.2, 0.25) is 0 Å².